The zero-order chi connectivity index (χ0) is 14.3. The summed E-state index contributed by atoms with van der Waals surface area (Å²) < 4.78 is 0. The molecule has 0 fully saturated rings. The normalized spacial score (nSPS) is 13.2. The SMILES string of the molecule is C=Cc1ccc2c(c1)Nc1c(cccc1C(C)(C)C)S2. The van der Waals surface area contributed by atoms with Gasteiger partial charge in [-0.25, -0.2) is 0 Å². The van der Waals surface area contributed by atoms with Gasteiger partial charge in [0.05, 0.1) is 11.4 Å². The largest absolute Gasteiger partial charge is 0.353 e. The molecule has 2 aromatic carbocycles. The van der Waals surface area contributed by atoms with Gasteiger partial charge in [0.15, 0.2) is 0 Å². The Bertz CT molecular complexity index is 680. The van der Waals surface area contributed by atoms with Crippen LogP contribution in [0.2, 0.25) is 0 Å². The zero-order valence-corrected chi connectivity index (χ0v) is 13.0. The van der Waals surface area contributed by atoms with E-state index in [4.69, 9.17) is 0 Å². The minimum Gasteiger partial charge on any atom is -0.353 e. The standard InChI is InChI=1S/C18H19NS/c1-5-12-9-10-15-14(11-12)19-17-13(18(2,3)4)7-6-8-16(17)20-15/h5-11,19H,1H2,2-4H3. The fourth-order valence-corrected chi connectivity index (χ4v) is 3.49. The van der Waals surface area contributed by atoms with Gasteiger partial charge in [-0.2, -0.15) is 0 Å². The lowest BCUT2D eigenvalue weighted by Crippen LogP contribution is -2.15. The smallest absolute Gasteiger partial charge is 0.0564 e. The van der Waals surface area contributed by atoms with Crippen molar-refractivity contribution in [2.45, 2.75) is 36.0 Å². The first-order chi connectivity index (χ1) is 9.49. The molecule has 0 aliphatic carbocycles. The summed E-state index contributed by atoms with van der Waals surface area (Å²) in [6.45, 7) is 10.6. The molecule has 0 saturated heterocycles. The first-order valence-corrected chi connectivity index (χ1v) is 7.65. The summed E-state index contributed by atoms with van der Waals surface area (Å²) in [6, 6.07) is 13.0. The van der Waals surface area contributed by atoms with Crippen molar-refractivity contribution >= 4 is 29.2 Å². The summed E-state index contributed by atoms with van der Waals surface area (Å²) in [5.74, 6) is 0. The van der Waals surface area contributed by atoms with Crippen molar-refractivity contribution in [3.8, 4) is 0 Å². The second-order valence-corrected chi connectivity index (χ2v) is 7.20. The van der Waals surface area contributed by atoms with Gasteiger partial charge in [-0.05, 0) is 34.7 Å². The Labute approximate surface area is 125 Å². The van der Waals surface area contributed by atoms with E-state index in [-0.39, 0.29) is 5.41 Å². The Hall–Kier alpha value is -1.67. The number of rotatable bonds is 1. The van der Waals surface area contributed by atoms with E-state index in [9.17, 15) is 0 Å². The average molecular weight is 281 g/mol. The number of hydrogen-bond acceptors (Lipinski definition) is 2. The van der Waals surface area contributed by atoms with Gasteiger partial charge >= 0.3 is 0 Å². The zero-order valence-electron chi connectivity index (χ0n) is 12.2. The van der Waals surface area contributed by atoms with E-state index in [1.807, 2.05) is 17.8 Å². The third kappa shape index (κ3) is 2.25. The van der Waals surface area contributed by atoms with Crippen molar-refractivity contribution in [3.05, 3.63) is 54.1 Å². The number of fused-ring (bicyclic) bond motifs is 2. The van der Waals surface area contributed by atoms with Crippen LogP contribution in [0, 0.1) is 0 Å². The maximum atomic E-state index is 3.85. The van der Waals surface area contributed by atoms with E-state index >= 15 is 0 Å². The Kier molecular flexibility index (Phi) is 3.14. The van der Waals surface area contributed by atoms with E-state index in [1.165, 1.54) is 26.7 Å². The molecule has 0 unspecified atom stereocenters. The summed E-state index contributed by atoms with van der Waals surface area (Å²) in [5, 5.41) is 3.62. The molecule has 1 aliphatic rings. The molecular formula is C18H19NS. The summed E-state index contributed by atoms with van der Waals surface area (Å²) in [6.07, 6.45) is 1.89. The first kappa shape index (κ1) is 13.3. The van der Waals surface area contributed by atoms with E-state index in [0.717, 1.165) is 5.56 Å². The van der Waals surface area contributed by atoms with Crippen LogP contribution in [0.25, 0.3) is 6.08 Å². The molecule has 0 spiro atoms. The molecule has 0 radical (unpaired) electrons. The monoisotopic (exact) mass is 281 g/mol. The first-order valence-electron chi connectivity index (χ1n) is 6.84. The van der Waals surface area contributed by atoms with Crippen molar-refractivity contribution in [2.75, 3.05) is 5.32 Å². The molecule has 2 aromatic rings. The van der Waals surface area contributed by atoms with Crippen LogP contribution in [-0.4, -0.2) is 0 Å². The number of anilines is 2. The average Bonchev–Trinajstić information content (AvgIpc) is 2.42. The lowest BCUT2D eigenvalue weighted by atomic mass is 9.85. The van der Waals surface area contributed by atoms with Gasteiger partial charge in [-0.3, -0.25) is 0 Å². The number of nitrogens with one attached hydrogen (secondary N) is 1. The molecule has 1 heterocycles. The molecule has 102 valence electrons. The molecule has 2 heteroatoms. The van der Waals surface area contributed by atoms with Crippen LogP contribution >= 0.6 is 11.8 Å². The molecule has 0 bridgehead atoms. The predicted molar refractivity (Wildman–Crippen MR) is 89.1 cm³/mol. The summed E-state index contributed by atoms with van der Waals surface area (Å²) >= 11 is 1.84. The predicted octanol–water partition coefficient (Wildman–Crippen LogP) is 5.84. The van der Waals surface area contributed by atoms with Crippen molar-refractivity contribution < 1.29 is 0 Å². The molecule has 0 saturated carbocycles. The highest BCUT2D eigenvalue weighted by molar-refractivity contribution is 7.99. The summed E-state index contributed by atoms with van der Waals surface area (Å²) in [4.78, 5) is 2.57. The lowest BCUT2D eigenvalue weighted by Gasteiger charge is -2.29. The number of para-hydroxylation sites is 1. The fourth-order valence-electron chi connectivity index (χ4n) is 2.48. The minimum atomic E-state index is 0.131. The third-order valence-corrected chi connectivity index (χ3v) is 4.69. The van der Waals surface area contributed by atoms with Crippen LogP contribution in [0.3, 0.4) is 0 Å². The van der Waals surface area contributed by atoms with Crippen LogP contribution < -0.4 is 5.32 Å². The molecule has 0 aromatic heterocycles. The maximum Gasteiger partial charge on any atom is 0.0564 e. The van der Waals surface area contributed by atoms with Crippen LogP contribution in [-0.2, 0) is 5.41 Å². The Morgan fingerprint density at radius 1 is 1.10 bits per heavy atom. The molecule has 1 N–H and O–H groups in total. The van der Waals surface area contributed by atoms with Crippen molar-refractivity contribution in [2.24, 2.45) is 0 Å². The van der Waals surface area contributed by atoms with E-state index in [1.54, 1.807) is 0 Å². The van der Waals surface area contributed by atoms with Crippen LogP contribution in [0.5, 0.6) is 0 Å². The van der Waals surface area contributed by atoms with Crippen LogP contribution in [0.4, 0.5) is 11.4 Å². The van der Waals surface area contributed by atoms with E-state index in [0.29, 0.717) is 0 Å². The van der Waals surface area contributed by atoms with Crippen molar-refractivity contribution in [1.82, 2.24) is 0 Å². The van der Waals surface area contributed by atoms with E-state index < -0.39 is 0 Å². The highest BCUT2D eigenvalue weighted by Gasteiger charge is 2.24. The van der Waals surface area contributed by atoms with Gasteiger partial charge in [-0.1, -0.05) is 63.4 Å². The lowest BCUT2D eigenvalue weighted by molar-refractivity contribution is 0.591. The van der Waals surface area contributed by atoms with Gasteiger partial charge < -0.3 is 5.32 Å². The summed E-state index contributed by atoms with van der Waals surface area (Å²) in [5.41, 5.74) is 5.06. The molecule has 0 amide bonds. The van der Waals surface area contributed by atoms with Crippen molar-refractivity contribution in [3.63, 3.8) is 0 Å². The van der Waals surface area contributed by atoms with Gasteiger partial charge in [0.2, 0.25) is 0 Å². The third-order valence-electron chi connectivity index (χ3n) is 3.55. The van der Waals surface area contributed by atoms with E-state index in [2.05, 4.69) is 69.1 Å². The van der Waals surface area contributed by atoms with Crippen LogP contribution in [0.1, 0.15) is 31.9 Å². The Morgan fingerprint density at radius 3 is 2.60 bits per heavy atom. The molecular weight excluding hydrogens is 262 g/mol. The fraction of sp³-hybridized carbons (Fsp3) is 0.222. The number of hydrogen-bond donors (Lipinski definition) is 1. The molecule has 20 heavy (non-hydrogen) atoms. The second-order valence-electron chi connectivity index (χ2n) is 6.12. The van der Waals surface area contributed by atoms with Gasteiger partial charge in [-0.15, -0.1) is 0 Å². The van der Waals surface area contributed by atoms with Crippen molar-refractivity contribution in [1.29, 1.82) is 0 Å². The topological polar surface area (TPSA) is 12.0 Å². The highest BCUT2D eigenvalue weighted by atomic mass is 32.2. The Morgan fingerprint density at radius 2 is 1.90 bits per heavy atom. The molecule has 0 atom stereocenters. The molecule has 3 rings (SSSR count). The minimum absolute atomic E-state index is 0.131. The molecule has 1 aliphatic heterocycles. The van der Waals surface area contributed by atoms with Gasteiger partial charge in [0.1, 0.15) is 0 Å². The maximum absolute atomic E-state index is 3.85. The molecule has 1 nitrogen and oxygen atoms in total. The van der Waals surface area contributed by atoms with Crippen LogP contribution in [0.15, 0.2) is 52.8 Å². The Balaban J connectivity index is 2.11. The highest BCUT2D eigenvalue weighted by Crippen LogP contribution is 2.47. The number of benzene rings is 2. The summed E-state index contributed by atoms with van der Waals surface area (Å²) in [7, 11) is 0. The second kappa shape index (κ2) is 4.71. The van der Waals surface area contributed by atoms with Gasteiger partial charge in [0.25, 0.3) is 0 Å². The quantitative estimate of drug-likeness (QED) is 0.601. The van der Waals surface area contributed by atoms with Gasteiger partial charge in [0, 0.05) is 9.79 Å².